The lowest BCUT2D eigenvalue weighted by atomic mass is 9.96. The van der Waals surface area contributed by atoms with Gasteiger partial charge >= 0.3 is 0 Å². The summed E-state index contributed by atoms with van der Waals surface area (Å²) in [6, 6.07) is 0. The van der Waals surface area contributed by atoms with Gasteiger partial charge in [0, 0.05) is 25.6 Å². The Labute approximate surface area is 105 Å². The predicted molar refractivity (Wildman–Crippen MR) is 63.7 cm³/mol. The first-order valence-corrected chi connectivity index (χ1v) is 6.14. The molecule has 2 amide bonds. The van der Waals surface area contributed by atoms with Crippen molar-refractivity contribution < 1.29 is 9.59 Å². The van der Waals surface area contributed by atoms with Gasteiger partial charge in [-0.2, -0.15) is 5.10 Å². The molecule has 0 aliphatic carbocycles. The molecule has 18 heavy (non-hydrogen) atoms. The van der Waals surface area contributed by atoms with E-state index in [2.05, 4.69) is 20.5 Å². The van der Waals surface area contributed by atoms with E-state index in [1.807, 2.05) is 6.92 Å². The minimum Gasteiger partial charge on any atom is -0.356 e. The highest BCUT2D eigenvalue weighted by atomic mass is 16.2. The van der Waals surface area contributed by atoms with Crippen molar-refractivity contribution in [3.05, 3.63) is 12.2 Å². The second-order valence-electron chi connectivity index (χ2n) is 4.30. The van der Waals surface area contributed by atoms with Crippen molar-refractivity contribution >= 4 is 11.8 Å². The number of H-pyrrole nitrogens is 1. The summed E-state index contributed by atoms with van der Waals surface area (Å²) in [6.07, 6.45) is 2.71. The summed E-state index contributed by atoms with van der Waals surface area (Å²) in [5.41, 5.74) is 0. The quantitative estimate of drug-likeness (QED) is 0.778. The van der Waals surface area contributed by atoms with Crippen LogP contribution in [-0.4, -0.2) is 51.5 Å². The Hall–Kier alpha value is -1.92. The Balaban J connectivity index is 1.87. The summed E-state index contributed by atoms with van der Waals surface area (Å²) in [4.78, 5) is 29.2. The number of aromatic amines is 1. The van der Waals surface area contributed by atoms with Crippen LogP contribution >= 0.6 is 0 Å². The highest BCUT2D eigenvalue weighted by Gasteiger charge is 2.28. The van der Waals surface area contributed by atoms with E-state index in [9.17, 15) is 9.59 Å². The fraction of sp³-hybridized carbons (Fsp3) is 0.636. The second kappa shape index (κ2) is 5.61. The van der Waals surface area contributed by atoms with Crippen LogP contribution in [0.5, 0.6) is 0 Å². The molecule has 0 bridgehead atoms. The average Bonchev–Trinajstić information content (AvgIpc) is 2.92. The zero-order valence-electron chi connectivity index (χ0n) is 10.3. The molecule has 2 N–H and O–H groups in total. The molecule has 0 unspecified atom stereocenters. The molecule has 1 aromatic rings. The van der Waals surface area contributed by atoms with E-state index in [1.165, 1.54) is 6.33 Å². The normalized spacial score (nSPS) is 16.6. The summed E-state index contributed by atoms with van der Waals surface area (Å²) in [7, 11) is 0. The number of likely N-dealkylation sites (tertiary alicyclic amines) is 1. The number of hydrogen-bond donors (Lipinski definition) is 2. The van der Waals surface area contributed by atoms with Gasteiger partial charge in [0.2, 0.25) is 11.7 Å². The third kappa shape index (κ3) is 2.66. The average molecular weight is 251 g/mol. The van der Waals surface area contributed by atoms with Gasteiger partial charge in [-0.15, -0.1) is 0 Å². The summed E-state index contributed by atoms with van der Waals surface area (Å²) in [6.45, 7) is 3.72. The maximum absolute atomic E-state index is 12.0. The number of nitrogens with one attached hydrogen (secondary N) is 2. The fourth-order valence-corrected chi connectivity index (χ4v) is 2.12. The summed E-state index contributed by atoms with van der Waals surface area (Å²) in [5, 5.41) is 9.03. The van der Waals surface area contributed by atoms with Crippen molar-refractivity contribution in [1.82, 2.24) is 25.4 Å². The van der Waals surface area contributed by atoms with Gasteiger partial charge in [-0.1, -0.05) is 0 Å². The highest BCUT2D eigenvalue weighted by molar-refractivity contribution is 5.90. The molecule has 2 rings (SSSR count). The molecule has 0 saturated carbocycles. The van der Waals surface area contributed by atoms with Crippen LogP contribution in [0.15, 0.2) is 6.33 Å². The smallest absolute Gasteiger partial charge is 0.291 e. The molecule has 0 aromatic carbocycles. The SMILES string of the molecule is CCNC(=O)C1CCN(C(=O)c2ncn[nH]2)CC1. The Bertz CT molecular complexity index is 409. The van der Waals surface area contributed by atoms with Gasteiger partial charge in [0.05, 0.1) is 0 Å². The van der Waals surface area contributed by atoms with E-state index in [0.717, 1.165) is 0 Å². The Morgan fingerprint density at radius 3 is 2.78 bits per heavy atom. The zero-order valence-corrected chi connectivity index (χ0v) is 10.3. The van der Waals surface area contributed by atoms with E-state index in [4.69, 9.17) is 0 Å². The number of piperidine rings is 1. The molecule has 7 heteroatoms. The lowest BCUT2D eigenvalue weighted by molar-refractivity contribution is -0.126. The molecular weight excluding hydrogens is 234 g/mol. The van der Waals surface area contributed by atoms with E-state index >= 15 is 0 Å². The van der Waals surface area contributed by atoms with E-state index in [1.54, 1.807) is 4.90 Å². The van der Waals surface area contributed by atoms with E-state index < -0.39 is 0 Å². The number of amides is 2. The van der Waals surface area contributed by atoms with Gasteiger partial charge in [-0.3, -0.25) is 14.7 Å². The first-order chi connectivity index (χ1) is 8.72. The van der Waals surface area contributed by atoms with Crippen LogP contribution in [0.4, 0.5) is 0 Å². The minimum atomic E-state index is -0.151. The van der Waals surface area contributed by atoms with Gasteiger partial charge in [0.15, 0.2) is 0 Å². The Kier molecular flexibility index (Phi) is 3.91. The topological polar surface area (TPSA) is 91.0 Å². The van der Waals surface area contributed by atoms with Crippen LogP contribution < -0.4 is 5.32 Å². The molecule has 2 heterocycles. The number of aromatic nitrogens is 3. The van der Waals surface area contributed by atoms with Crippen molar-refractivity contribution in [3.63, 3.8) is 0 Å². The van der Waals surface area contributed by atoms with Crippen LogP contribution in [0, 0.1) is 5.92 Å². The van der Waals surface area contributed by atoms with Gasteiger partial charge in [-0.25, -0.2) is 4.98 Å². The molecule has 1 aliphatic rings. The van der Waals surface area contributed by atoms with Crippen molar-refractivity contribution in [3.8, 4) is 0 Å². The second-order valence-corrected chi connectivity index (χ2v) is 4.30. The lowest BCUT2D eigenvalue weighted by Crippen LogP contribution is -2.43. The number of hydrogen-bond acceptors (Lipinski definition) is 4. The summed E-state index contributed by atoms with van der Waals surface area (Å²) >= 11 is 0. The van der Waals surface area contributed by atoms with Gasteiger partial charge in [-0.05, 0) is 19.8 Å². The Morgan fingerprint density at radius 2 is 2.22 bits per heavy atom. The number of carbonyl (C=O) groups is 2. The van der Waals surface area contributed by atoms with Crippen molar-refractivity contribution in [1.29, 1.82) is 0 Å². The third-order valence-corrected chi connectivity index (χ3v) is 3.12. The lowest BCUT2D eigenvalue weighted by Gasteiger charge is -2.30. The minimum absolute atomic E-state index is 0.0173. The molecular formula is C11H17N5O2. The summed E-state index contributed by atoms with van der Waals surface area (Å²) < 4.78 is 0. The predicted octanol–water partition coefficient (Wildman–Crippen LogP) is -0.207. The number of rotatable bonds is 3. The van der Waals surface area contributed by atoms with E-state index in [-0.39, 0.29) is 23.6 Å². The molecule has 0 atom stereocenters. The van der Waals surface area contributed by atoms with E-state index in [0.29, 0.717) is 32.5 Å². The largest absolute Gasteiger partial charge is 0.356 e. The maximum atomic E-state index is 12.0. The first-order valence-electron chi connectivity index (χ1n) is 6.14. The summed E-state index contributed by atoms with van der Waals surface area (Å²) in [5.74, 6) is 0.210. The van der Waals surface area contributed by atoms with Crippen LogP contribution in [0.3, 0.4) is 0 Å². The first kappa shape index (κ1) is 12.5. The standard InChI is InChI=1S/C11H17N5O2/c1-2-12-10(17)8-3-5-16(6-4-8)11(18)9-13-7-14-15-9/h7-8H,2-6H2,1H3,(H,12,17)(H,13,14,15). The van der Waals surface area contributed by atoms with Gasteiger partial charge in [0.1, 0.15) is 6.33 Å². The van der Waals surface area contributed by atoms with Crippen molar-refractivity contribution in [2.24, 2.45) is 5.92 Å². The van der Waals surface area contributed by atoms with Crippen LogP contribution in [0.1, 0.15) is 30.4 Å². The molecule has 7 nitrogen and oxygen atoms in total. The van der Waals surface area contributed by atoms with Gasteiger partial charge in [0.25, 0.3) is 5.91 Å². The number of nitrogens with zero attached hydrogens (tertiary/aromatic N) is 3. The highest BCUT2D eigenvalue weighted by Crippen LogP contribution is 2.18. The molecule has 1 aliphatic heterocycles. The van der Waals surface area contributed by atoms with Crippen LogP contribution in [0.2, 0.25) is 0 Å². The molecule has 0 spiro atoms. The third-order valence-electron chi connectivity index (χ3n) is 3.12. The molecule has 0 radical (unpaired) electrons. The van der Waals surface area contributed by atoms with Crippen molar-refractivity contribution in [2.75, 3.05) is 19.6 Å². The molecule has 1 saturated heterocycles. The zero-order chi connectivity index (χ0) is 13.0. The molecule has 98 valence electrons. The number of carbonyl (C=O) groups excluding carboxylic acids is 2. The fourth-order valence-electron chi connectivity index (χ4n) is 2.12. The van der Waals surface area contributed by atoms with Crippen molar-refractivity contribution in [2.45, 2.75) is 19.8 Å². The van der Waals surface area contributed by atoms with Crippen LogP contribution in [-0.2, 0) is 4.79 Å². The molecule has 1 fully saturated rings. The Morgan fingerprint density at radius 1 is 1.50 bits per heavy atom. The maximum Gasteiger partial charge on any atom is 0.291 e. The van der Waals surface area contributed by atoms with Crippen LogP contribution in [0.25, 0.3) is 0 Å². The van der Waals surface area contributed by atoms with Gasteiger partial charge < -0.3 is 10.2 Å². The molecule has 1 aromatic heterocycles. The monoisotopic (exact) mass is 251 g/mol.